The Balaban J connectivity index is 1.36. The second-order valence-corrected chi connectivity index (χ2v) is 7.06. The lowest BCUT2D eigenvalue weighted by molar-refractivity contribution is -0.121. The number of nitrogens with zero attached hydrogens (tertiary/aromatic N) is 1. The van der Waals surface area contributed by atoms with Crippen LogP contribution in [0.2, 0.25) is 0 Å². The summed E-state index contributed by atoms with van der Waals surface area (Å²) < 4.78 is 18.6. The Labute approximate surface area is 148 Å². The third-order valence-corrected chi connectivity index (χ3v) is 5.09. The van der Waals surface area contributed by atoms with Crippen LogP contribution in [0.5, 0.6) is 0 Å². The van der Waals surface area contributed by atoms with Crippen molar-refractivity contribution in [2.75, 3.05) is 26.3 Å². The number of fused-ring (bicyclic) bond motifs is 1. The highest BCUT2D eigenvalue weighted by Gasteiger charge is 2.37. The molecule has 2 N–H and O–H groups in total. The molecule has 3 atom stereocenters. The van der Waals surface area contributed by atoms with Gasteiger partial charge < -0.3 is 15.2 Å². The average Bonchev–Trinajstić information content (AvgIpc) is 2.98. The number of nitrogens with one attached hydrogen (secondary N) is 1. The number of aryl methyl sites for hydroxylation is 1. The Bertz CT molecular complexity index is 566. The fourth-order valence-corrected chi connectivity index (χ4v) is 3.77. The number of morpholine rings is 1. The minimum absolute atomic E-state index is 0.0831. The number of rotatable bonds is 7. The van der Waals surface area contributed by atoms with Gasteiger partial charge in [-0.25, -0.2) is 4.39 Å². The molecule has 2 aliphatic rings. The van der Waals surface area contributed by atoms with Crippen molar-refractivity contribution < 1.29 is 19.0 Å². The topological polar surface area (TPSA) is 61.8 Å². The van der Waals surface area contributed by atoms with E-state index in [0.29, 0.717) is 25.5 Å². The van der Waals surface area contributed by atoms with Gasteiger partial charge in [-0.3, -0.25) is 9.69 Å². The van der Waals surface area contributed by atoms with Crippen molar-refractivity contribution in [2.24, 2.45) is 0 Å². The Morgan fingerprint density at radius 3 is 2.88 bits per heavy atom. The van der Waals surface area contributed by atoms with Gasteiger partial charge in [0.15, 0.2) is 0 Å². The summed E-state index contributed by atoms with van der Waals surface area (Å²) in [6, 6.07) is 7.00. The summed E-state index contributed by atoms with van der Waals surface area (Å²) in [6.45, 7) is 2.53. The van der Waals surface area contributed by atoms with Crippen LogP contribution in [-0.4, -0.2) is 60.4 Å². The van der Waals surface area contributed by atoms with E-state index in [4.69, 9.17) is 9.84 Å². The molecule has 0 bridgehead atoms. The second-order valence-electron chi connectivity index (χ2n) is 7.06. The molecule has 2 fully saturated rings. The Hall–Kier alpha value is -1.50. The molecule has 0 saturated carbocycles. The number of carbonyl (C=O) groups excluding carboxylic acids is 1. The Kier molecular flexibility index (Phi) is 6.39. The number of benzene rings is 1. The van der Waals surface area contributed by atoms with E-state index < -0.39 is 0 Å². The van der Waals surface area contributed by atoms with E-state index in [-0.39, 0.29) is 30.5 Å². The summed E-state index contributed by atoms with van der Waals surface area (Å²) in [5.41, 5.74) is 1.05. The first kappa shape index (κ1) is 18.3. The van der Waals surface area contributed by atoms with Crippen molar-refractivity contribution in [2.45, 2.75) is 50.3 Å². The standard InChI is InChI=1S/C19H27FN2O3/c20-15-6-4-14(5-7-15)2-1-3-19(24)21-16-10-17-13-25-18(8-9-23)12-22(17)11-16/h4-7,16-18,23H,1-3,8-13H2,(H,21,24)/t16-,17-,18-/m0/s1. The monoisotopic (exact) mass is 350 g/mol. The molecule has 138 valence electrons. The van der Waals surface area contributed by atoms with Gasteiger partial charge in [0.25, 0.3) is 0 Å². The molecule has 5 nitrogen and oxygen atoms in total. The smallest absolute Gasteiger partial charge is 0.220 e. The van der Waals surface area contributed by atoms with Gasteiger partial charge in [-0.05, 0) is 43.4 Å². The van der Waals surface area contributed by atoms with Crippen LogP contribution in [-0.2, 0) is 16.0 Å². The number of hydrogen-bond acceptors (Lipinski definition) is 4. The zero-order valence-electron chi connectivity index (χ0n) is 14.5. The highest BCUT2D eigenvalue weighted by molar-refractivity contribution is 5.76. The number of amides is 1. The van der Waals surface area contributed by atoms with Crippen molar-refractivity contribution in [3.05, 3.63) is 35.6 Å². The van der Waals surface area contributed by atoms with Crippen LogP contribution < -0.4 is 5.32 Å². The van der Waals surface area contributed by atoms with Crippen LogP contribution in [0.25, 0.3) is 0 Å². The third-order valence-electron chi connectivity index (χ3n) is 5.09. The largest absolute Gasteiger partial charge is 0.396 e. The predicted molar refractivity (Wildman–Crippen MR) is 92.7 cm³/mol. The van der Waals surface area contributed by atoms with E-state index in [9.17, 15) is 9.18 Å². The molecule has 1 aromatic carbocycles. The SMILES string of the molecule is O=C(CCCc1ccc(F)cc1)N[C@H]1C[C@H]2CO[C@@H](CCO)CN2C1. The van der Waals surface area contributed by atoms with E-state index >= 15 is 0 Å². The van der Waals surface area contributed by atoms with Gasteiger partial charge >= 0.3 is 0 Å². The second kappa shape index (κ2) is 8.74. The Morgan fingerprint density at radius 1 is 1.32 bits per heavy atom. The maximum Gasteiger partial charge on any atom is 0.220 e. The first-order valence-electron chi connectivity index (χ1n) is 9.14. The molecule has 2 aliphatic heterocycles. The molecule has 3 rings (SSSR count). The van der Waals surface area contributed by atoms with Gasteiger partial charge in [0, 0.05) is 38.2 Å². The molecule has 6 heteroatoms. The molecular weight excluding hydrogens is 323 g/mol. The van der Waals surface area contributed by atoms with Gasteiger partial charge in [-0.2, -0.15) is 0 Å². The molecule has 1 amide bonds. The summed E-state index contributed by atoms with van der Waals surface area (Å²) in [5.74, 6) is -0.149. The molecule has 0 radical (unpaired) electrons. The van der Waals surface area contributed by atoms with E-state index in [2.05, 4.69) is 10.2 Å². The maximum atomic E-state index is 12.9. The van der Waals surface area contributed by atoms with Crippen LogP contribution in [0.1, 0.15) is 31.2 Å². The summed E-state index contributed by atoms with van der Waals surface area (Å²) in [4.78, 5) is 14.5. The highest BCUT2D eigenvalue weighted by Crippen LogP contribution is 2.24. The van der Waals surface area contributed by atoms with E-state index in [0.717, 1.165) is 37.9 Å². The maximum absolute atomic E-state index is 12.9. The van der Waals surface area contributed by atoms with Crippen LogP contribution in [0.4, 0.5) is 4.39 Å². The normalized spacial score (nSPS) is 26.4. The summed E-state index contributed by atoms with van der Waals surface area (Å²) in [6.07, 6.45) is 3.73. The van der Waals surface area contributed by atoms with Crippen molar-refractivity contribution in [3.63, 3.8) is 0 Å². The molecular formula is C19H27FN2O3. The quantitative estimate of drug-likeness (QED) is 0.782. The lowest BCUT2D eigenvalue weighted by Gasteiger charge is -2.34. The number of ether oxygens (including phenoxy) is 1. The summed E-state index contributed by atoms with van der Waals surface area (Å²) >= 11 is 0. The Morgan fingerprint density at radius 2 is 2.12 bits per heavy atom. The van der Waals surface area contributed by atoms with Crippen molar-refractivity contribution in [1.29, 1.82) is 0 Å². The number of carbonyl (C=O) groups is 1. The number of aliphatic hydroxyl groups is 1. The van der Waals surface area contributed by atoms with Crippen LogP contribution in [0.3, 0.4) is 0 Å². The molecule has 2 saturated heterocycles. The molecule has 0 spiro atoms. The third kappa shape index (κ3) is 5.23. The number of halogens is 1. The van der Waals surface area contributed by atoms with Gasteiger partial charge in [-0.15, -0.1) is 0 Å². The van der Waals surface area contributed by atoms with E-state index in [1.165, 1.54) is 12.1 Å². The van der Waals surface area contributed by atoms with E-state index in [1.807, 2.05) is 0 Å². The van der Waals surface area contributed by atoms with Crippen LogP contribution >= 0.6 is 0 Å². The number of aliphatic hydroxyl groups excluding tert-OH is 1. The first-order chi connectivity index (χ1) is 12.1. The van der Waals surface area contributed by atoms with Gasteiger partial charge in [0.1, 0.15) is 5.82 Å². The molecule has 1 aromatic rings. The molecule has 2 heterocycles. The molecule has 0 unspecified atom stereocenters. The van der Waals surface area contributed by atoms with Gasteiger partial charge in [0.2, 0.25) is 5.91 Å². The predicted octanol–water partition coefficient (Wildman–Crippen LogP) is 1.49. The van der Waals surface area contributed by atoms with Crippen LogP contribution in [0, 0.1) is 5.82 Å². The first-order valence-corrected chi connectivity index (χ1v) is 9.14. The zero-order valence-corrected chi connectivity index (χ0v) is 14.5. The molecule has 25 heavy (non-hydrogen) atoms. The van der Waals surface area contributed by atoms with Crippen molar-refractivity contribution in [3.8, 4) is 0 Å². The lowest BCUT2D eigenvalue weighted by atomic mass is 10.1. The van der Waals surface area contributed by atoms with E-state index in [1.54, 1.807) is 12.1 Å². The van der Waals surface area contributed by atoms with Gasteiger partial charge in [0.05, 0.1) is 12.7 Å². The fourth-order valence-electron chi connectivity index (χ4n) is 3.77. The minimum Gasteiger partial charge on any atom is -0.396 e. The minimum atomic E-state index is -0.232. The van der Waals surface area contributed by atoms with Crippen molar-refractivity contribution in [1.82, 2.24) is 10.2 Å². The van der Waals surface area contributed by atoms with Crippen molar-refractivity contribution >= 4 is 5.91 Å². The number of hydrogen-bond donors (Lipinski definition) is 2. The van der Waals surface area contributed by atoms with Crippen LogP contribution in [0.15, 0.2) is 24.3 Å². The fraction of sp³-hybridized carbons (Fsp3) is 0.632. The zero-order chi connectivity index (χ0) is 17.6. The molecule has 0 aromatic heterocycles. The average molecular weight is 350 g/mol. The van der Waals surface area contributed by atoms with Gasteiger partial charge in [-0.1, -0.05) is 12.1 Å². The lowest BCUT2D eigenvalue weighted by Crippen LogP contribution is -2.46. The summed E-state index contributed by atoms with van der Waals surface area (Å²) in [5, 5.41) is 12.2. The summed E-state index contributed by atoms with van der Waals surface area (Å²) in [7, 11) is 0. The molecule has 0 aliphatic carbocycles. The highest BCUT2D eigenvalue weighted by atomic mass is 19.1.